The van der Waals surface area contributed by atoms with Gasteiger partial charge < -0.3 is 9.67 Å². The second-order valence-corrected chi connectivity index (χ2v) is 9.95. The summed E-state index contributed by atoms with van der Waals surface area (Å²) < 4.78 is 48.5. The van der Waals surface area contributed by atoms with Crippen molar-refractivity contribution in [2.45, 2.75) is 64.8 Å². The number of alkyl halides is 1. The van der Waals surface area contributed by atoms with E-state index in [-0.39, 0.29) is 23.7 Å². The first-order valence-corrected chi connectivity index (χ1v) is 12.0. The Morgan fingerprint density at radius 3 is 2.46 bits per heavy atom. The molecular formula is C28H31F3N2O2. The summed E-state index contributed by atoms with van der Waals surface area (Å²) in [7, 11) is 0. The molecule has 0 radical (unpaired) electrons. The Balaban J connectivity index is 2.00. The fourth-order valence-electron chi connectivity index (χ4n) is 5.32. The minimum atomic E-state index is -1.58. The second kappa shape index (κ2) is 9.53. The molecule has 2 atom stereocenters. The highest BCUT2D eigenvalue weighted by Gasteiger charge is 2.42. The van der Waals surface area contributed by atoms with Gasteiger partial charge in [0.15, 0.2) is 0 Å². The highest BCUT2D eigenvalue weighted by molar-refractivity contribution is 5.87. The molecule has 0 unspecified atom stereocenters. The van der Waals surface area contributed by atoms with Gasteiger partial charge in [-0.3, -0.25) is 4.90 Å². The maximum absolute atomic E-state index is 15.7. The molecular weight excluding hydrogens is 453 g/mol. The Hall–Kier alpha value is -3.06. The van der Waals surface area contributed by atoms with Crippen LogP contribution in [-0.2, 0) is 17.8 Å². The third-order valence-electron chi connectivity index (χ3n) is 6.58. The van der Waals surface area contributed by atoms with Crippen LogP contribution < -0.4 is 0 Å². The third-order valence-corrected chi connectivity index (χ3v) is 6.58. The maximum atomic E-state index is 15.7. The van der Waals surface area contributed by atoms with E-state index >= 15 is 13.2 Å². The van der Waals surface area contributed by atoms with Gasteiger partial charge in [-0.25, -0.2) is 18.0 Å². The van der Waals surface area contributed by atoms with E-state index in [1.54, 1.807) is 0 Å². The molecule has 1 aliphatic heterocycles. The number of rotatable bonds is 7. The van der Waals surface area contributed by atoms with Gasteiger partial charge in [-0.2, -0.15) is 0 Å². The maximum Gasteiger partial charge on any atom is 0.328 e. The molecule has 186 valence electrons. The third kappa shape index (κ3) is 4.87. The molecule has 35 heavy (non-hydrogen) atoms. The predicted molar refractivity (Wildman–Crippen MR) is 132 cm³/mol. The van der Waals surface area contributed by atoms with Crippen LogP contribution in [-0.4, -0.2) is 38.8 Å². The first-order valence-electron chi connectivity index (χ1n) is 12.0. The lowest BCUT2D eigenvalue weighted by molar-refractivity contribution is -0.131. The van der Waals surface area contributed by atoms with Gasteiger partial charge in [0.1, 0.15) is 17.3 Å². The van der Waals surface area contributed by atoms with Crippen molar-refractivity contribution in [3.05, 3.63) is 76.5 Å². The van der Waals surface area contributed by atoms with E-state index in [1.807, 2.05) is 36.1 Å². The van der Waals surface area contributed by atoms with E-state index in [1.165, 1.54) is 13.8 Å². The molecule has 1 N–H and O–H groups in total. The van der Waals surface area contributed by atoms with E-state index in [2.05, 4.69) is 11.5 Å². The van der Waals surface area contributed by atoms with Gasteiger partial charge in [0, 0.05) is 47.4 Å². The Morgan fingerprint density at radius 2 is 1.86 bits per heavy atom. The van der Waals surface area contributed by atoms with Crippen molar-refractivity contribution in [1.29, 1.82) is 0 Å². The summed E-state index contributed by atoms with van der Waals surface area (Å²) in [6, 6.07) is 9.25. The molecule has 4 rings (SSSR count). The topological polar surface area (TPSA) is 45.5 Å². The Labute approximate surface area is 203 Å². The molecule has 0 bridgehead atoms. The molecule has 0 fully saturated rings. The fraction of sp³-hybridized carbons (Fsp3) is 0.393. The lowest BCUT2D eigenvalue weighted by Gasteiger charge is -2.43. The summed E-state index contributed by atoms with van der Waals surface area (Å²) in [6.45, 7) is 7.63. The number of aliphatic carboxylic acids is 1. The molecule has 0 spiro atoms. The lowest BCUT2D eigenvalue weighted by Crippen LogP contribution is -2.48. The van der Waals surface area contributed by atoms with Crippen molar-refractivity contribution in [1.82, 2.24) is 9.47 Å². The number of aromatic nitrogens is 1. The van der Waals surface area contributed by atoms with Crippen molar-refractivity contribution in [2.24, 2.45) is 0 Å². The van der Waals surface area contributed by atoms with Crippen LogP contribution in [0.1, 0.15) is 62.5 Å². The minimum absolute atomic E-state index is 0.00543. The van der Waals surface area contributed by atoms with Crippen molar-refractivity contribution >= 4 is 22.9 Å². The monoisotopic (exact) mass is 484 g/mol. The molecule has 3 aromatic rings. The first-order chi connectivity index (χ1) is 16.5. The smallest absolute Gasteiger partial charge is 0.328 e. The molecule has 7 heteroatoms. The predicted octanol–water partition coefficient (Wildman–Crippen LogP) is 6.51. The van der Waals surface area contributed by atoms with Gasteiger partial charge in [0.05, 0.1) is 6.04 Å². The Bertz CT molecular complexity index is 1230. The number of hydrogen-bond donors (Lipinski definition) is 1. The average Bonchev–Trinajstić information content (AvgIpc) is 3.06. The largest absolute Gasteiger partial charge is 0.478 e. The van der Waals surface area contributed by atoms with Gasteiger partial charge in [-0.05, 0) is 69.0 Å². The van der Waals surface area contributed by atoms with Crippen LogP contribution in [0.4, 0.5) is 13.2 Å². The summed E-state index contributed by atoms with van der Waals surface area (Å²) in [6.07, 6.45) is 3.46. The zero-order chi connectivity index (χ0) is 25.5. The normalized spacial score (nSPS) is 18.9. The van der Waals surface area contributed by atoms with E-state index in [0.717, 1.165) is 52.9 Å². The van der Waals surface area contributed by atoms with Crippen LogP contribution >= 0.6 is 0 Å². The van der Waals surface area contributed by atoms with Crippen LogP contribution in [0, 0.1) is 11.6 Å². The molecule has 1 aliphatic rings. The van der Waals surface area contributed by atoms with E-state index in [0.29, 0.717) is 13.0 Å². The second-order valence-electron chi connectivity index (χ2n) is 9.95. The van der Waals surface area contributed by atoms with Gasteiger partial charge >= 0.3 is 5.97 Å². The number of halogens is 3. The van der Waals surface area contributed by atoms with Crippen molar-refractivity contribution in [3.63, 3.8) is 0 Å². The number of benzene rings is 2. The summed E-state index contributed by atoms with van der Waals surface area (Å²) in [4.78, 5) is 12.7. The van der Waals surface area contributed by atoms with E-state index < -0.39 is 29.3 Å². The lowest BCUT2D eigenvalue weighted by atomic mass is 9.86. The molecule has 4 nitrogen and oxygen atoms in total. The number of carboxylic acid groups (broad SMARTS) is 1. The van der Waals surface area contributed by atoms with Gasteiger partial charge in [0.25, 0.3) is 0 Å². The standard InChI is InChI=1S/C28H31F3N2O2/c1-5-12-32-23-9-7-6-8-19(23)20-13-17(2)33(16-28(3,4)31)27(26(20)32)25-21(29)14-18(15-22(25)30)10-11-24(34)35/h6-11,14-15,17,27H,5,12-13,16H2,1-4H3,(H,34,35)/b11-10+/t17-,27-/m1/s1. The summed E-state index contributed by atoms with van der Waals surface area (Å²) >= 11 is 0. The van der Waals surface area contributed by atoms with Crippen LogP contribution in [0.25, 0.3) is 17.0 Å². The molecule has 1 aromatic heterocycles. The highest BCUT2D eigenvalue weighted by atomic mass is 19.1. The Kier molecular flexibility index (Phi) is 6.82. The molecule has 0 amide bonds. The van der Waals surface area contributed by atoms with Gasteiger partial charge in [-0.15, -0.1) is 0 Å². The fourth-order valence-corrected chi connectivity index (χ4v) is 5.32. The van der Waals surface area contributed by atoms with Crippen molar-refractivity contribution in [3.8, 4) is 0 Å². The number of fused-ring (bicyclic) bond motifs is 3. The summed E-state index contributed by atoms with van der Waals surface area (Å²) in [5, 5.41) is 9.93. The molecule has 0 aliphatic carbocycles. The number of nitrogens with zero attached hydrogens (tertiary/aromatic N) is 2. The van der Waals surface area contributed by atoms with E-state index in [4.69, 9.17) is 5.11 Å². The van der Waals surface area contributed by atoms with E-state index in [9.17, 15) is 4.79 Å². The molecule has 2 heterocycles. The number of carbonyl (C=O) groups is 1. The van der Waals surface area contributed by atoms with Crippen LogP contribution in [0.5, 0.6) is 0 Å². The van der Waals surface area contributed by atoms with Crippen LogP contribution in [0.3, 0.4) is 0 Å². The minimum Gasteiger partial charge on any atom is -0.478 e. The Morgan fingerprint density at radius 1 is 1.20 bits per heavy atom. The van der Waals surface area contributed by atoms with Gasteiger partial charge in [0.2, 0.25) is 0 Å². The van der Waals surface area contributed by atoms with Crippen molar-refractivity contribution < 1.29 is 23.1 Å². The zero-order valence-corrected chi connectivity index (χ0v) is 20.5. The number of para-hydroxylation sites is 1. The highest BCUT2D eigenvalue weighted by Crippen LogP contribution is 2.45. The zero-order valence-electron chi connectivity index (χ0n) is 20.5. The van der Waals surface area contributed by atoms with Gasteiger partial charge in [-0.1, -0.05) is 25.1 Å². The summed E-state index contributed by atoms with van der Waals surface area (Å²) in [5.74, 6) is -2.77. The number of carboxylic acids is 1. The average molecular weight is 485 g/mol. The summed E-state index contributed by atoms with van der Waals surface area (Å²) in [5.41, 5.74) is 1.22. The van der Waals surface area contributed by atoms with Crippen molar-refractivity contribution in [2.75, 3.05) is 6.54 Å². The van der Waals surface area contributed by atoms with Crippen LogP contribution in [0.2, 0.25) is 0 Å². The number of aryl methyl sites for hydroxylation is 1. The molecule has 0 saturated carbocycles. The SMILES string of the molecule is CCCn1c2c(c3ccccc31)C[C@@H](C)N(CC(C)(C)F)[C@@H]2c1c(F)cc(/C=C/C(=O)O)cc1F. The quantitative estimate of drug-likeness (QED) is 0.389. The van der Waals surface area contributed by atoms with Crippen LogP contribution in [0.15, 0.2) is 42.5 Å². The number of hydrogen-bond acceptors (Lipinski definition) is 2. The molecule has 2 aromatic carbocycles. The first kappa shape index (κ1) is 25.0. The molecule has 0 saturated heterocycles.